The smallest absolute Gasteiger partial charge is 0.262 e. The van der Waals surface area contributed by atoms with Crippen molar-refractivity contribution in [2.45, 2.75) is 32.2 Å². The first kappa shape index (κ1) is 14.8. The summed E-state index contributed by atoms with van der Waals surface area (Å²) in [6.07, 6.45) is 1.06. The Morgan fingerprint density at radius 3 is 2.56 bits per heavy atom. The van der Waals surface area contributed by atoms with Gasteiger partial charge in [-0.25, -0.2) is 0 Å². The molecule has 0 saturated carbocycles. The molecule has 0 aliphatic heterocycles. The van der Waals surface area contributed by atoms with Crippen LogP contribution in [0.15, 0.2) is 17.3 Å². The number of halogens is 1. The van der Waals surface area contributed by atoms with Crippen molar-refractivity contribution in [2.75, 3.05) is 0 Å². The number of hydrogen-bond acceptors (Lipinski definition) is 4. The fourth-order valence-electron chi connectivity index (χ4n) is 1.66. The number of hydrogen-bond donors (Lipinski definition) is 3. The van der Waals surface area contributed by atoms with Crippen LogP contribution in [0.3, 0.4) is 0 Å². The highest BCUT2D eigenvalue weighted by atomic mass is 35.5. The zero-order valence-corrected chi connectivity index (χ0v) is 11.8. The van der Waals surface area contributed by atoms with Crippen molar-refractivity contribution in [3.05, 3.63) is 21.3 Å². The summed E-state index contributed by atoms with van der Waals surface area (Å²) in [6.45, 7) is 3.73. The number of amides is 1. The van der Waals surface area contributed by atoms with Gasteiger partial charge in [-0.15, -0.1) is 11.3 Å². The maximum atomic E-state index is 12.1. The van der Waals surface area contributed by atoms with Crippen LogP contribution in [0, 0.1) is 0 Å². The number of amidine groups is 1. The highest BCUT2D eigenvalue weighted by Crippen LogP contribution is 2.23. The van der Waals surface area contributed by atoms with Crippen LogP contribution in [0.5, 0.6) is 0 Å². The van der Waals surface area contributed by atoms with Gasteiger partial charge in [-0.3, -0.25) is 4.79 Å². The third kappa shape index (κ3) is 2.94. The number of oxime groups is 1. The molecule has 1 heterocycles. The lowest BCUT2D eigenvalue weighted by atomic mass is 9.91. The predicted octanol–water partition coefficient (Wildman–Crippen LogP) is 2.44. The number of nitrogens with one attached hydrogen (secondary N) is 1. The first-order valence-corrected chi connectivity index (χ1v) is 6.74. The van der Waals surface area contributed by atoms with Gasteiger partial charge < -0.3 is 16.3 Å². The zero-order chi connectivity index (χ0) is 13.8. The molecule has 1 amide bonds. The Labute approximate surface area is 115 Å². The van der Waals surface area contributed by atoms with Crippen LogP contribution in [0.25, 0.3) is 0 Å². The standard InChI is InChI=1S/C11H16ClN3O2S/c1-3-11(4-2,10(13)15-17)14-9(16)7-5-6-8(12)18-7/h5-6,17H,3-4H2,1-2H3,(H2,13,15)(H,14,16). The average molecular weight is 290 g/mol. The van der Waals surface area contributed by atoms with Gasteiger partial charge in [-0.2, -0.15) is 0 Å². The summed E-state index contributed by atoms with van der Waals surface area (Å²) >= 11 is 6.97. The van der Waals surface area contributed by atoms with Gasteiger partial charge in [0.05, 0.1) is 9.21 Å². The van der Waals surface area contributed by atoms with E-state index in [0.717, 1.165) is 0 Å². The maximum absolute atomic E-state index is 12.1. The summed E-state index contributed by atoms with van der Waals surface area (Å²) in [5.41, 5.74) is 4.84. The maximum Gasteiger partial charge on any atom is 0.262 e. The molecule has 7 heteroatoms. The van der Waals surface area contributed by atoms with Gasteiger partial charge in [0.25, 0.3) is 5.91 Å². The van der Waals surface area contributed by atoms with Crippen molar-refractivity contribution < 1.29 is 10.0 Å². The Morgan fingerprint density at radius 2 is 2.17 bits per heavy atom. The summed E-state index contributed by atoms with van der Waals surface area (Å²) in [5, 5.41) is 14.6. The van der Waals surface area contributed by atoms with E-state index in [4.69, 9.17) is 22.5 Å². The van der Waals surface area contributed by atoms with E-state index < -0.39 is 5.54 Å². The lowest BCUT2D eigenvalue weighted by Crippen LogP contribution is -2.56. The predicted molar refractivity (Wildman–Crippen MR) is 73.5 cm³/mol. The minimum Gasteiger partial charge on any atom is -0.409 e. The van der Waals surface area contributed by atoms with Crippen LogP contribution >= 0.6 is 22.9 Å². The third-order valence-corrected chi connectivity index (χ3v) is 4.18. The summed E-state index contributed by atoms with van der Waals surface area (Å²) in [6, 6.07) is 3.30. The number of rotatable bonds is 5. The zero-order valence-electron chi connectivity index (χ0n) is 10.2. The van der Waals surface area contributed by atoms with E-state index in [1.165, 1.54) is 11.3 Å². The van der Waals surface area contributed by atoms with Crippen molar-refractivity contribution in [2.24, 2.45) is 10.9 Å². The Bertz CT molecular complexity index is 455. The second kappa shape index (κ2) is 6.06. The van der Waals surface area contributed by atoms with Crippen LogP contribution < -0.4 is 11.1 Å². The van der Waals surface area contributed by atoms with E-state index in [2.05, 4.69) is 10.5 Å². The molecule has 0 saturated heterocycles. The van der Waals surface area contributed by atoms with Crippen LogP contribution in [0.1, 0.15) is 36.4 Å². The van der Waals surface area contributed by atoms with Crippen molar-refractivity contribution in [3.63, 3.8) is 0 Å². The van der Waals surface area contributed by atoms with Gasteiger partial charge in [-0.1, -0.05) is 30.6 Å². The van der Waals surface area contributed by atoms with Gasteiger partial charge in [-0.05, 0) is 25.0 Å². The van der Waals surface area contributed by atoms with Crippen molar-refractivity contribution in [1.82, 2.24) is 5.32 Å². The molecule has 18 heavy (non-hydrogen) atoms. The molecule has 5 nitrogen and oxygen atoms in total. The Balaban J connectivity index is 2.95. The van der Waals surface area contributed by atoms with Gasteiger partial charge in [0.2, 0.25) is 0 Å². The Morgan fingerprint density at radius 1 is 1.56 bits per heavy atom. The van der Waals surface area contributed by atoms with Crippen molar-refractivity contribution in [3.8, 4) is 0 Å². The highest BCUT2D eigenvalue weighted by molar-refractivity contribution is 7.18. The molecule has 0 aromatic carbocycles. The first-order chi connectivity index (χ1) is 8.49. The molecule has 0 spiro atoms. The minimum atomic E-state index is -0.831. The molecule has 0 unspecified atom stereocenters. The van der Waals surface area contributed by atoms with E-state index in [1.807, 2.05) is 13.8 Å². The second-order valence-electron chi connectivity index (χ2n) is 3.83. The Kier molecular flexibility index (Phi) is 4.98. The normalized spacial score (nSPS) is 12.5. The van der Waals surface area contributed by atoms with Crippen LogP contribution in [0.2, 0.25) is 4.34 Å². The molecule has 0 fully saturated rings. The van der Waals surface area contributed by atoms with Crippen LogP contribution in [0.4, 0.5) is 0 Å². The van der Waals surface area contributed by atoms with Crippen molar-refractivity contribution >= 4 is 34.7 Å². The summed E-state index contributed by atoms with van der Waals surface area (Å²) in [5.74, 6) is -0.272. The number of carbonyl (C=O) groups excluding carboxylic acids is 1. The fourth-order valence-corrected chi connectivity index (χ4v) is 2.60. The summed E-state index contributed by atoms with van der Waals surface area (Å²) in [4.78, 5) is 12.6. The molecule has 0 atom stereocenters. The molecule has 0 radical (unpaired) electrons. The topological polar surface area (TPSA) is 87.7 Å². The highest BCUT2D eigenvalue weighted by Gasteiger charge is 2.33. The molecule has 1 aromatic rings. The summed E-state index contributed by atoms with van der Waals surface area (Å²) < 4.78 is 0.544. The van der Waals surface area contributed by atoms with Gasteiger partial charge in [0, 0.05) is 0 Å². The summed E-state index contributed by atoms with van der Waals surface area (Å²) in [7, 11) is 0. The molecule has 0 aliphatic rings. The number of nitrogens with two attached hydrogens (primary N) is 1. The third-order valence-electron chi connectivity index (χ3n) is 2.95. The van der Waals surface area contributed by atoms with Gasteiger partial charge in [0.15, 0.2) is 5.84 Å². The molecule has 0 bridgehead atoms. The Hall–Kier alpha value is -1.27. The number of thiophene rings is 1. The fraction of sp³-hybridized carbons (Fsp3) is 0.455. The van der Waals surface area contributed by atoms with E-state index in [9.17, 15) is 4.79 Å². The lowest BCUT2D eigenvalue weighted by molar-refractivity contribution is 0.0922. The number of carbonyl (C=O) groups is 1. The molecular weight excluding hydrogens is 274 g/mol. The monoisotopic (exact) mass is 289 g/mol. The van der Waals surface area contributed by atoms with E-state index in [0.29, 0.717) is 22.1 Å². The molecule has 0 aliphatic carbocycles. The van der Waals surface area contributed by atoms with Gasteiger partial charge >= 0.3 is 0 Å². The van der Waals surface area contributed by atoms with E-state index in [1.54, 1.807) is 12.1 Å². The largest absolute Gasteiger partial charge is 0.409 e. The number of nitrogens with zero attached hydrogens (tertiary/aromatic N) is 1. The van der Waals surface area contributed by atoms with E-state index in [-0.39, 0.29) is 11.7 Å². The molecule has 100 valence electrons. The lowest BCUT2D eigenvalue weighted by Gasteiger charge is -2.31. The molecular formula is C11H16ClN3O2S. The molecule has 1 rings (SSSR count). The average Bonchev–Trinajstić information content (AvgIpc) is 2.81. The SMILES string of the molecule is CCC(CC)(NC(=O)c1ccc(Cl)s1)C(N)=NO. The van der Waals surface area contributed by atoms with Gasteiger partial charge in [0.1, 0.15) is 5.54 Å². The molecule has 1 aromatic heterocycles. The van der Waals surface area contributed by atoms with E-state index >= 15 is 0 Å². The van der Waals surface area contributed by atoms with Crippen molar-refractivity contribution in [1.29, 1.82) is 0 Å². The second-order valence-corrected chi connectivity index (χ2v) is 5.55. The van der Waals surface area contributed by atoms with Crippen LogP contribution in [-0.4, -0.2) is 22.5 Å². The molecule has 4 N–H and O–H groups in total. The quantitative estimate of drug-likeness (QED) is 0.337. The first-order valence-electron chi connectivity index (χ1n) is 5.55. The minimum absolute atomic E-state index is 0.00324. The van der Waals surface area contributed by atoms with Crippen LogP contribution in [-0.2, 0) is 0 Å².